The number of rotatable bonds is 4. The molecule has 4 aromatic rings. The Bertz CT molecular complexity index is 1100. The maximum atomic E-state index is 11.3. The molecule has 0 saturated heterocycles. The normalized spacial score (nSPS) is 10.8. The number of ether oxygens (including phenoxy) is 1. The van der Waals surface area contributed by atoms with Crippen LogP contribution >= 0.6 is 11.6 Å². The van der Waals surface area contributed by atoms with Crippen LogP contribution in [0.4, 0.5) is 0 Å². The molecule has 0 radical (unpaired) electrons. The highest BCUT2D eigenvalue weighted by Crippen LogP contribution is 2.44. The fraction of sp³-hybridized carbons (Fsp3) is 0.0833. The molecule has 1 aromatic heterocycles. The summed E-state index contributed by atoms with van der Waals surface area (Å²) in [6.45, 7) is 2.01. The van der Waals surface area contributed by atoms with Gasteiger partial charge in [0, 0.05) is 27.5 Å². The standard InChI is InChI=1S/C24H20ClNO2/c1-16-22(17-8-14-21(28-2)15-9-17)24(27)23(18-6-4-3-5-7-18)26(16)20-12-10-19(25)11-13-20/h3-15,27H,1-2H3. The molecule has 0 spiro atoms. The molecule has 140 valence electrons. The Balaban J connectivity index is 1.99. The van der Waals surface area contributed by atoms with Crippen LogP contribution in [0.15, 0.2) is 78.9 Å². The van der Waals surface area contributed by atoms with Crippen LogP contribution in [0, 0.1) is 6.92 Å². The number of aromatic nitrogens is 1. The summed E-state index contributed by atoms with van der Waals surface area (Å²) >= 11 is 6.09. The summed E-state index contributed by atoms with van der Waals surface area (Å²) in [7, 11) is 1.64. The van der Waals surface area contributed by atoms with E-state index < -0.39 is 0 Å². The SMILES string of the molecule is COc1ccc(-c2c(O)c(-c3ccccc3)n(-c3ccc(Cl)cc3)c2C)cc1. The second kappa shape index (κ2) is 7.45. The first-order valence-electron chi connectivity index (χ1n) is 9.00. The molecule has 3 nitrogen and oxygen atoms in total. The van der Waals surface area contributed by atoms with E-state index in [-0.39, 0.29) is 5.75 Å². The number of hydrogen-bond acceptors (Lipinski definition) is 2. The minimum Gasteiger partial charge on any atom is -0.505 e. The van der Waals surface area contributed by atoms with E-state index in [2.05, 4.69) is 4.57 Å². The lowest BCUT2D eigenvalue weighted by Crippen LogP contribution is -1.99. The second-order valence-corrected chi connectivity index (χ2v) is 7.00. The minimum absolute atomic E-state index is 0.254. The quantitative estimate of drug-likeness (QED) is 0.433. The third-order valence-electron chi connectivity index (χ3n) is 4.89. The summed E-state index contributed by atoms with van der Waals surface area (Å²) in [5.74, 6) is 1.03. The molecule has 0 saturated carbocycles. The third-order valence-corrected chi connectivity index (χ3v) is 5.14. The number of benzene rings is 3. The summed E-state index contributed by atoms with van der Waals surface area (Å²) in [5.41, 5.74) is 5.32. The van der Waals surface area contributed by atoms with Gasteiger partial charge in [-0.2, -0.15) is 0 Å². The van der Waals surface area contributed by atoms with Gasteiger partial charge < -0.3 is 14.4 Å². The summed E-state index contributed by atoms with van der Waals surface area (Å²) in [6, 6.07) is 25.2. The number of methoxy groups -OCH3 is 1. The lowest BCUT2D eigenvalue weighted by Gasteiger charge is -2.12. The Hall–Kier alpha value is -3.17. The van der Waals surface area contributed by atoms with Gasteiger partial charge in [-0.15, -0.1) is 0 Å². The molecule has 1 N–H and O–H groups in total. The van der Waals surface area contributed by atoms with Crippen LogP contribution in [0.25, 0.3) is 28.1 Å². The molecular formula is C24H20ClNO2. The Morgan fingerprint density at radius 1 is 0.821 bits per heavy atom. The predicted molar refractivity (Wildman–Crippen MR) is 115 cm³/mol. The fourth-order valence-corrected chi connectivity index (χ4v) is 3.68. The van der Waals surface area contributed by atoms with Crippen molar-refractivity contribution in [1.82, 2.24) is 4.57 Å². The van der Waals surface area contributed by atoms with E-state index in [9.17, 15) is 5.11 Å². The second-order valence-electron chi connectivity index (χ2n) is 6.56. The molecule has 4 heteroatoms. The van der Waals surface area contributed by atoms with Crippen molar-refractivity contribution in [3.63, 3.8) is 0 Å². The molecule has 0 unspecified atom stereocenters. The first-order valence-corrected chi connectivity index (χ1v) is 9.38. The smallest absolute Gasteiger partial charge is 0.149 e. The van der Waals surface area contributed by atoms with Crippen LogP contribution in [-0.2, 0) is 0 Å². The molecular weight excluding hydrogens is 370 g/mol. The average molecular weight is 390 g/mol. The monoisotopic (exact) mass is 389 g/mol. The van der Waals surface area contributed by atoms with E-state index in [4.69, 9.17) is 16.3 Å². The van der Waals surface area contributed by atoms with Crippen molar-refractivity contribution >= 4 is 11.6 Å². The van der Waals surface area contributed by atoms with Gasteiger partial charge in [-0.1, -0.05) is 54.1 Å². The first kappa shape index (κ1) is 18.2. The molecule has 1 heterocycles. The molecule has 3 aromatic carbocycles. The van der Waals surface area contributed by atoms with Gasteiger partial charge in [0.25, 0.3) is 0 Å². The van der Waals surface area contributed by atoms with Gasteiger partial charge in [0.15, 0.2) is 0 Å². The summed E-state index contributed by atoms with van der Waals surface area (Å²) < 4.78 is 7.33. The van der Waals surface area contributed by atoms with E-state index in [1.54, 1.807) is 7.11 Å². The average Bonchev–Trinajstić information content (AvgIpc) is 2.99. The van der Waals surface area contributed by atoms with Crippen LogP contribution in [0.5, 0.6) is 11.5 Å². The van der Waals surface area contributed by atoms with E-state index in [1.807, 2.05) is 85.8 Å². The molecule has 0 atom stereocenters. The van der Waals surface area contributed by atoms with Crippen LogP contribution in [-0.4, -0.2) is 16.8 Å². The highest BCUT2D eigenvalue weighted by Gasteiger charge is 2.23. The van der Waals surface area contributed by atoms with Crippen molar-refractivity contribution < 1.29 is 9.84 Å². The van der Waals surface area contributed by atoms with Crippen LogP contribution < -0.4 is 4.74 Å². The maximum absolute atomic E-state index is 11.3. The van der Waals surface area contributed by atoms with Crippen molar-refractivity contribution in [2.45, 2.75) is 6.92 Å². The lowest BCUT2D eigenvalue weighted by molar-refractivity contribution is 0.415. The maximum Gasteiger partial charge on any atom is 0.149 e. The fourth-order valence-electron chi connectivity index (χ4n) is 3.55. The van der Waals surface area contributed by atoms with E-state index in [1.165, 1.54) is 0 Å². The molecule has 0 aliphatic rings. The predicted octanol–water partition coefficient (Wildman–Crippen LogP) is 6.49. The van der Waals surface area contributed by atoms with Gasteiger partial charge in [0.05, 0.1) is 12.8 Å². The minimum atomic E-state index is 0.254. The van der Waals surface area contributed by atoms with E-state index in [0.717, 1.165) is 39.5 Å². The zero-order valence-electron chi connectivity index (χ0n) is 15.7. The van der Waals surface area contributed by atoms with Crippen molar-refractivity contribution in [2.75, 3.05) is 7.11 Å². The van der Waals surface area contributed by atoms with E-state index in [0.29, 0.717) is 5.02 Å². The Kier molecular flexibility index (Phi) is 4.84. The number of hydrogen-bond donors (Lipinski definition) is 1. The molecule has 0 amide bonds. The van der Waals surface area contributed by atoms with Crippen LogP contribution in [0.2, 0.25) is 5.02 Å². The number of halogens is 1. The largest absolute Gasteiger partial charge is 0.505 e. The lowest BCUT2D eigenvalue weighted by atomic mass is 10.0. The Labute approximate surface area is 169 Å². The number of nitrogens with zero attached hydrogens (tertiary/aromatic N) is 1. The highest BCUT2D eigenvalue weighted by molar-refractivity contribution is 6.30. The van der Waals surface area contributed by atoms with Gasteiger partial charge in [-0.3, -0.25) is 0 Å². The first-order chi connectivity index (χ1) is 13.6. The van der Waals surface area contributed by atoms with Crippen molar-refractivity contribution in [1.29, 1.82) is 0 Å². The topological polar surface area (TPSA) is 34.4 Å². The Morgan fingerprint density at radius 3 is 2.07 bits per heavy atom. The molecule has 0 fully saturated rings. The van der Waals surface area contributed by atoms with Gasteiger partial charge in [-0.05, 0) is 48.9 Å². The van der Waals surface area contributed by atoms with Gasteiger partial charge >= 0.3 is 0 Å². The molecule has 0 aliphatic heterocycles. The van der Waals surface area contributed by atoms with E-state index >= 15 is 0 Å². The van der Waals surface area contributed by atoms with Crippen molar-refractivity contribution in [3.05, 3.63) is 89.6 Å². The number of aromatic hydroxyl groups is 1. The summed E-state index contributed by atoms with van der Waals surface area (Å²) in [5, 5.41) is 11.9. The van der Waals surface area contributed by atoms with Crippen LogP contribution in [0.3, 0.4) is 0 Å². The Morgan fingerprint density at radius 2 is 1.46 bits per heavy atom. The highest BCUT2D eigenvalue weighted by atomic mass is 35.5. The molecule has 0 bridgehead atoms. The summed E-state index contributed by atoms with van der Waals surface area (Å²) in [6.07, 6.45) is 0. The van der Waals surface area contributed by atoms with Crippen molar-refractivity contribution in [2.24, 2.45) is 0 Å². The zero-order valence-corrected chi connectivity index (χ0v) is 16.4. The van der Waals surface area contributed by atoms with Gasteiger partial charge in [0.2, 0.25) is 0 Å². The molecule has 0 aliphatic carbocycles. The van der Waals surface area contributed by atoms with Crippen LogP contribution in [0.1, 0.15) is 5.69 Å². The summed E-state index contributed by atoms with van der Waals surface area (Å²) in [4.78, 5) is 0. The zero-order chi connectivity index (χ0) is 19.7. The third kappa shape index (κ3) is 3.14. The molecule has 4 rings (SSSR count). The van der Waals surface area contributed by atoms with Crippen molar-refractivity contribution in [3.8, 4) is 39.6 Å². The van der Waals surface area contributed by atoms with Gasteiger partial charge in [-0.25, -0.2) is 0 Å². The van der Waals surface area contributed by atoms with Gasteiger partial charge in [0.1, 0.15) is 11.5 Å². The molecule has 28 heavy (non-hydrogen) atoms.